The lowest BCUT2D eigenvalue weighted by molar-refractivity contribution is -0.127. The second-order valence-electron chi connectivity index (χ2n) is 8.56. The van der Waals surface area contributed by atoms with E-state index in [0.717, 1.165) is 44.6 Å². The third-order valence-electron chi connectivity index (χ3n) is 6.54. The molecule has 2 aromatic rings. The number of carbonyl (C=O) groups is 1. The molecule has 6 nitrogen and oxygen atoms in total. The Morgan fingerprint density at radius 1 is 1.07 bits per heavy atom. The number of amides is 1. The number of rotatable bonds is 7. The summed E-state index contributed by atoms with van der Waals surface area (Å²) in [5, 5.41) is 3.07. The molecule has 1 atom stereocenters. The Balaban J connectivity index is 1.20. The summed E-state index contributed by atoms with van der Waals surface area (Å²) in [5.74, 6) is 0.260. The highest BCUT2D eigenvalue weighted by atomic mass is 16.1. The second kappa shape index (κ2) is 10.6. The first kappa shape index (κ1) is 20.9. The molecule has 160 valence electrons. The predicted molar refractivity (Wildman–Crippen MR) is 118 cm³/mol. The molecule has 0 aliphatic carbocycles. The van der Waals surface area contributed by atoms with Crippen molar-refractivity contribution < 1.29 is 4.79 Å². The van der Waals surface area contributed by atoms with Crippen molar-refractivity contribution in [1.82, 2.24) is 25.1 Å². The first-order valence-electron chi connectivity index (χ1n) is 11.3. The molecule has 1 aromatic heterocycles. The Morgan fingerprint density at radius 3 is 2.67 bits per heavy atom. The number of nitrogens with zero attached hydrogens (tertiary/aromatic N) is 4. The van der Waals surface area contributed by atoms with Crippen LogP contribution in [0, 0.1) is 5.92 Å². The van der Waals surface area contributed by atoms with Gasteiger partial charge in [0.2, 0.25) is 5.91 Å². The van der Waals surface area contributed by atoms with Gasteiger partial charge in [0.1, 0.15) is 6.33 Å². The zero-order chi connectivity index (χ0) is 20.6. The molecule has 0 unspecified atom stereocenters. The van der Waals surface area contributed by atoms with E-state index >= 15 is 0 Å². The van der Waals surface area contributed by atoms with Crippen molar-refractivity contribution in [3.8, 4) is 0 Å². The van der Waals surface area contributed by atoms with Crippen LogP contribution in [0.5, 0.6) is 0 Å². The van der Waals surface area contributed by atoms with Gasteiger partial charge in [-0.25, -0.2) is 9.97 Å². The van der Waals surface area contributed by atoms with Crippen LogP contribution in [0.1, 0.15) is 36.9 Å². The fourth-order valence-corrected chi connectivity index (χ4v) is 4.74. The first-order chi connectivity index (χ1) is 14.8. The predicted octanol–water partition coefficient (Wildman–Crippen LogP) is 2.51. The van der Waals surface area contributed by atoms with Gasteiger partial charge in [0, 0.05) is 25.3 Å². The summed E-state index contributed by atoms with van der Waals surface area (Å²) in [4.78, 5) is 26.0. The average molecular weight is 408 g/mol. The number of piperidine rings is 2. The first-order valence-corrected chi connectivity index (χ1v) is 11.3. The molecule has 0 radical (unpaired) electrons. The highest BCUT2D eigenvalue weighted by Gasteiger charge is 2.31. The van der Waals surface area contributed by atoms with Gasteiger partial charge in [-0.15, -0.1) is 0 Å². The van der Waals surface area contributed by atoms with E-state index in [1.807, 2.05) is 6.07 Å². The van der Waals surface area contributed by atoms with E-state index in [-0.39, 0.29) is 11.8 Å². The summed E-state index contributed by atoms with van der Waals surface area (Å²) in [5.41, 5.74) is 2.28. The highest BCUT2D eigenvalue weighted by molar-refractivity contribution is 5.78. The van der Waals surface area contributed by atoms with Crippen molar-refractivity contribution >= 4 is 5.91 Å². The van der Waals surface area contributed by atoms with Crippen LogP contribution < -0.4 is 5.32 Å². The number of likely N-dealkylation sites (tertiary alicyclic amines) is 2. The van der Waals surface area contributed by atoms with Crippen LogP contribution in [0.25, 0.3) is 0 Å². The summed E-state index contributed by atoms with van der Waals surface area (Å²) in [6.07, 6.45) is 8.89. The van der Waals surface area contributed by atoms with Gasteiger partial charge in [0.25, 0.3) is 0 Å². The standard InChI is InChI=1S/C24H33N5O/c30-24(26-17-22-8-12-25-19-27-22)21-7-4-13-29(18-21)23-10-15-28(16-11-23)14-9-20-5-2-1-3-6-20/h1-3,5-6,8,12,19,21,23H,4,7,9-11,13-18H2,(H,26,30)/t21-/m1/s1. The van der Waals surface area contributed by atoms with Gasteiger partial charge < -0.3 is 10.2 Å². The lowest BCUT2D eigenvalue weighted by atomic mass is 9.93. The van der Waals surface area contributed by atoms with Crippen LogP contribution in [0.3, 0.4) is 0 Å². The second-order valence-corrected chi connectivity index (χ2v) is 8.56. The number of aromatic nitrogens is 2. The molecule has 1 amide bonds. The normalized spacial score (nSPS) is 21.4. The van der Waals surface area contributed by atoms with Crippen molar-refractivity contribution in [3.05, 3.63) is 60.2 Å². The molecule has 3 heterocycles. The molecule has 1 aromatic carbocycles. The minimum atomic E-state index is 0.0942. The molecule has 2 aliphatic heterocycles. The fourth-order valence-electron chi connectivity index (χ4n) is 4.74. The molecule has 0 bridgehead atoms. The Morgan fingerprint density at radius 2 is 1.90 bits per heavy atom. The molecule has 2 aliphatic rings. The Labute approximate surface area is 179 Å². The van der Waals surface area contributed by atoms with Crippen LogP contribution in [0.15, 0.2) is 48.9 Å². The lowest BCUT2D eigenvalue weighted by Gasteiger charge is -2.42. The fraction of sp³-hybridized carbons (Fsp3) is 0.542. The summed E-state index contributed by atoms with van der Waals surface area (Å²) < 4.78 is 0. The molecule has 30 heavy (non-hydrogen) atoms. The van der Waals surface area contributed by atoms with Gasteiger partial charge >= 0.3 is 0 Å². The van der Waals surface area contributed by atoms with Crippen LogP contribution >= 0.6 is 0 Å². The highest BCUT2D eigenvalue weighted by Crippen LogP contribution is 2.24. The molecule has 2 fully saturated rings. The van der Waals surface area contributed by atoms with E-state index in [2.05, 4.69) is 55.4 Å². The number of hydrogen-bond acceptors (Lipinski definition) is 5. The zero-order valence-electron chi connectivity index (χ0n) is 17.7. The minimum absolute atomic E-state index is 0.0942. The van der Waals surface area contributed by atoms with E-state index < -0.39 is 0 Å². The summed E-state index contributed by atoms with van der Waals surface area (Å²) in [6, 6.07) is 13.2. The Hall–Kier alpha value is -2.31. The molecule has 2 saturated heterocycles. The molecular formula is C24H33N5O. The van der Waals surface area contributed by atoms with Crippen LogP contribution in [-0.4, -0.2) is 64.4 Å². The minimum Gasteiger partial charge on any atom is -0.350 e. The Bertz CT molecular complexity index is 777. The van der Waals surface area contributed by atoms with Crippen molar-refractivity contribution in [2.45, 2.75) is 44.7 Å². The quantitative estimate of drug-likeness (QED) is 0.764. The molecule has 4 rings (SSSR count). The average Bonchev–Trinajstić information content (AvgIpc) is 2.83. The molecular weight excluding hydrogens is 374 g/mol. The van der Waals surface area contributed by atoms with E-state index in [0.29, 0.717) is 12.6 Å². The SMILES string of the molecule is O=C(NCc1ccncn1)[C@@H]1CCCN(C2CCN(CCc3ccccc3)CC2)C1. The topological polar surface area (TPSA) is 61.4 Å². The van der Waals surface area contributed by atoms with Gasteiger partial charge in [0.05, 0.1) is 18.2 Å². The van der Waals surface area contributed by atoms with Crippen molar-refractivity contribution in [3.63, 3.8) is 0 Å². The van der Waals surface area contributed by atoms with E-state index in [1.165, 1.54) is 37.8 Å². The van der Waals surface area contributed by atoms with E-state index in [1.54, 1.807) is 6.20 Å². The van der Waals surface area contributed by atoms with Crippen LogP contribution in [0.4, 0.5) is 0 Å². The van der Waals surface area contributed by atoms with Crippen molar-refractivity contribution in [2.75, 3.05) is 32.7 Å². The van der Waals surface area contributed by atoms with Gasteiger partial charge in [-0.3, -0.25) is 9.69 Å². The van der Waals surface area contributed by atoms with Gasteiger partial charge in [-0.2, -0.15) is 0 Å². The van der Waals surface area contributed by atoms with E-state index in [9.17, 15) is 4.79 Å². The van der Waals surface area contributed by atoms with Crippen LogP contribution in [0.2, 0.25) is 0 Å². The summed E-state index contributed by atoms with van der Waals surface area (Å²) in [6.45, 7) is 5.98. The number of hydrogen-bond donors (Lipinski definition) is 1. The third-order valence-corrected chi connectivity index (χ3v) is 6.54. The van der Waals surface area contributed by atoms with Crippen LogP contribution in [-0.2, 0) is 17.8 Å². The molecule has 6 heteroatoms. The Kier molecular flexibility index (Phi) is 7.43. The molecule has 0 saturated carbocycles. The maximum atomic E-state index is 12.7. The largest absolute Gasteiger partial charge is 0.350 e. The monoisotopic (exact) mass is 407 g/mol. The number of benzene rings is 1. The third kappa shape index (κ3) is 5.86. The number of carbonyl (C=O) groups excluding carboxylic acids is 1. The zero-order valence-corrected chi connectivity index (χ0v) is 17.7. The van der Waals surface area contributed by atoms with Gasteiger partial charge in [-0.05, 0) is 63.4 Å². The smallest absolute Gasteiger partial charge is 0.224 e. The van der Waals surface area contributed by atoms with Crippen molar-refractivity contribution in [1.29, 1.82) is 0 Å². The maximum Gasteiger partial charge on any atom is 0.224 e. The van der Waals surface area contributed by atoms with Crippen molar-refractivity contribution in [2.24, 2.45) is 5.92 Å². The molecule has 1 N–H and O–H groups in total. The lowest BCUT2D eigenvalue weighted by Crippen LogP contribution is -2.50. The summed E-state index contributed by atoms with van der Waals surface area (Å²) >= 11 is 0. The number of nitrogens with one attached hydrogen (secondary N) is 1. The maximum absolute atomic E-state index is 12.7. The van der Waals surface area contributed by atoms with Gasteiger partial charge in [0.15, 0.2) is 0 Å². The summed E-state index contributed by atoms with van der Waals surface area (Å²) in [7, 11) is 0. The van der Waals surface area contributed by atoms with E-state index in [4.69, 9.17) is 0 Å². The van der Waals surface area contributed by atoms with Gasteiger partial charge in [-0.1, -0.05) is 30.3 Å². The molecule has 0 spiro atoms.